The predicted octanol–water partition coefficient (Wildman–Crippen LogP) is 1.53. The fourth-order valence-corrected chi connectivity index (χ4v) is 3.42. The van der Waals surface area contributed by atoms with Crippen molar-refractivity contribution in [2.45, 2.75) is 6.04 Å². The number of carbonyl (C=O) groups is 2. The molecule has 0 spiro atoms. The molecule has 1 aliphatic rings. The number of likely N-dealkylation sites (N-methyl/N-ethyl adjacent to an activating group) is 1. The molecular weight excluding hydrogens is 322 g/mol. The Morgan fingerprint density at radius 2 is 2.05 bits per heavy atom. The Hall–Kier alpha value is -1.24. The molecule has 2 rings (SSSR count). The Morgan fingerprint density at radius 3 is 2.68 bits per heavy atom. The fourth-order valence-electron chi connectivity index (χ4n) is 2.14. The zero-order valence-corrected chi connectivity index (χ0v) is 14.3. The minimum Gasteiger partial charge on any atom is -0.353 e. The van der Waals surface area contributed by atoms with E-state index in [-0.39, 0.29) is 11.8 Å². The average molecular weight is 342 g/mol. The van der Waals surface area contributed by atoms with Crippen molar-refractivity contribution in [1.82, 2.24) is 15.1 Å². The van der Waals surface area contributed by atoms with Crippen molar-refractivity contribution >= 4 is 35.2 Å². The molecule has 1 aromatic rings. The number of rotatable bonds is 5. The molecule has 120 valence electrons. The van der Waals surface area contributed by atoms with E-state index in [2.05, 4.69) is 5.32 Å². The summed E-state index contributed by atoms with van der Waals surface area (Å²) < 4.78 is 0. The lowest BCUT2D eigenvalue weighted by Gasteiger charge is -2.23. The summed E-state index contributed by atoms with van der Waals surface area (Å²) in [5.74, 6) is 0.948. The number of benzene rings is 1. The Bertz CT molecular complexity index is 536. The summed E-state index contributed by atoms with van der Waals surface area (Å²) in [4.78, 5) is 28.4. The van der Waals surface area contributed by atoms with E-state index in [4.69, 9.17) is 11.6 Å². The Morgan fingerprint density at radius 1 is 1.36 bits per heavy atom. The van der Waals surface area contributed by atoms with Gasteiger partial charge in [-0.05, 0) is 38.4 Å². The van der Waals surface area contributed by atoms with E-state index >= 15 is 0 Å². The van der Waals surface area contributed by atoms with Gasteiger partial charge in [-0.25, -0.2) is 0 Å². The van der Waals surface area contributed by atoms with Crippen LogP contribution in [0.15, 0.2) is 24.3 Å². The maximum Gasteiger partial charge on any atom is 0.255 e. The van der Waals surface area contributed by atoms with Gasteiger partial charge in [0.25, 0.3) is 5.91 Å². The average Bonchev–Trinajstić information content (AvgIpc) is 2.96. The van der Waals surface area contributed by atoms with Gasteiger partial charge < -0.3 is 15.1 Å². The van der Waals surface area contributed by atoms with Crippen LogP contribution < -0.4 is 5.32 Å². The molecular formula is C15H20ClN3O2S. The molecule has 1 N–H and O–H groups in total. The smallest absolute Gasteiger partial charge is 0.255 e. The van der Waals surface area contributed by atoms with Crippen LogP contribution in [0.5, 0.6) is 0 Å². The number of carbonyl (C=O) groups excluding carboxylic acids is 2. The second-order valence-corrected chi connectivity index (χ2v) is 6.83. The predicted molar refractivity (Wildman–Crippen MR) is 90.3 cm³/mol. The summed E-state index contributed by atoms with van der Waals surface area (Å²) in [5, 5.41) is 3.48. The standard InChI is InChI=1S/C15H20ClN3O2S/c1-18(2)8-7-17-14(20)13-9-22-10-19(13)15(21)11-3-5-12(16)6-4-11/h3-6,13H,7-10H2,1-2H3,(H,17,20). The quantitative estimate of drug-likeness (QED) is 0.882. The molecule has 1 aliphatic heterocycles. The first-order chi connectivity index (χ1) is 10.5. The summed E-state index contributed by atoms with van der Waals surface area (Å²) in [7, 11) is 3.90. The highest BCUT2D eigenvalue weighted by Crippen LogP contribution is 2.23. The van der Waals surface area contributed by atoms with E-state index in [1.54, 1.807) is 40.9 Å². The lowest BCUT2D eigenvalue weighted by Crippen LogP contribution is -2.48. The topological polar surface area (TPSA) is 52.7 Å². The fraction of sp³-hybridized carbons (Fsp3) is 0.467. The first-order valence-corrected chi connectivity index (χ1v) is 8.59. The van der Waals surface area contributed by atoms with Crippen molar-refractivity contribution in [3.63, 3.8) is 0 Å². The molecule has 1 heterocycles. The summed E-state index contributed by atoms with van der Waals surface area (Å²) >= 11 is 7.43. The van der Waals surface area contributed by atoms with Crippen molar-refractivity contribution < 1.29 is 9.59 Å². The van der Waals surface area contributed by atoms with Crippen molar-refractivity contribution in [1.29, 1.82) is 0 Å². The van der Waals surface area contributed by atoms with Gasteiger partial charge in [0.15, 0.2) is 0 Å². The van der Waals surface area contributed by atoms with Crippen LogP contribution in [0.4, 0.5) is 0 Å². The number of amides is 2. The molecule has 7 heteroatoms. The molecule has 0 aromatic heterocycles. The molecule has 1 aromatic carbocycles. The molecule has 1 fully saturated rings. The minimum atomic E-state index is -0.407. The third-order valence-electron chi connectivity index (χ3n) is 3.40. The first kappa shape index (κ1) is 17.1. The molecule has 5 nitrogen and oxygen atoms in total. The summed E-state index contributed by atoms with van der Waals surface area (Å²) in [5.41, 5.74) is 0.554. The lowest BCUT2D eigenvalue weighted by atomic mass is 10.1. The van der Waals surface area contributed by atoms with Gasteiger partial charge in [0.1, 0.15) is 6.04 Å². The van der Waals surface area contributed by atoms with Gasteiger partial charge in [-0.2, -0.15) is 0 Å². The molecule has 1 saturated heterocycles. The number of halogens is 1. The SMILES string of the molecule is CN(C)CCNC(=O)C1CSCN1C(=O)c1ccc(Cl)cc1. The maximum atomic E-state index is 12.5. The van der Waals surface area contributed by atoms with E-state index < -0.39 is 6.04 Å². The maximum absolute atomic E-state index is 12.5. The van der Waals surface area contributed by atoms with E-state index in [0.717, 1.165) is 6.54 Å². The van der Waals surface area contributed by atoms with Gasteiger partial charge in [0, 0.05) is 29.4 Å². The molecule has 1 atom stereocenters. The zero-order valence-electron chi connectivity index (χ0n) is 12.7. The molecule has 1 unspecified atom stereocenters. The largest absolute Gasteiger partial charge is 0.353 e. The van der Waals surface area contributed by atoms with Crippen molar-refractivity contribution in [2.24, 2.45) is 0 Å². The Kier molecular flexibility index (Phi) is 6.11. The number of nitrogens with zero attached hydrogens (tertiary/aromatic N) is 2. The highest BCUT2D eigenvalue weighted by atomic mass is 35.5. The Balaban J connectivity index is 1.99. The second-order valence-electron chi connectivity index (χ2n) is 5.39. The van der Waals surface area contributed by atoms with Gasteiger partial charge in [-0.3, -0.25) is 9.59 Å². The van der Waals surface area contributed by atoms with E-state index in [9.17, 15) is 9.59 Å². The molecule has 0 radical (unpaired) electrons. The van der Waals surface area contributed by atoms with E-state index in [0.29, 0.717) is 28.8 Å². The van der Waals surface area contributed by atoms with Gasteiger partial charge in [0.05, 0.1) is 5.88 Å². The normalized spacial score (nSPS) is 17.8. The first-order valence-electron chi connectivity index (χ1n) is 7.06. The number of hydrogen-bond acceptors (Lipinski definition) is 4. The van der Waals surface area contributed by atoms with Crippen LogP contribution in [0.25, 0.3) is 0 Å². The number of hydrogen-bond donors (Lipinski definition) is 1. The zero-order chi connectivity index (χ0) is 16.1. The monoisotopic (exact) mass is 341 g/mol. The van der Waals surface area contributed by atoms with Crippen LogP contribution in [0.1, 0.15) is 10.4 Å². The lowest BCUT2D eigenvalue weighted by molar-refractivity contribution is -0.124. The molecule has 0 bridgehead atoms. The van der Waals surface area contributed by atoms with Crippen molar-refractivity contribution in [3.05, 3.63) is 34.9 Å². The highest BCUT2D eigenvalue weighted by Gasteiger charge is 2.34. The van der Waals surface area contributed by atoms with Crippen LogP contribution >= 0.6 is 23.4 Å². The molecule has 2 amide bonds. The van der Waals surface area contributed by atoms with Crippen LogP contribution in [0.3, 0.4) is 0 Å². The molecule has 0 aliphatic carbocycles. The van der Waals surface area contributed by atoms with Gasteiger partial charge in [-0.1, -0.05) is 11.6 Å². The second kappa shape index (κ2) is 7.85. The van der Waals surface area contributed by atoms with Gasteiger partial charge in [0.2, 0.25) is 5.91 Å². The van der Waals surface area contributed by atoms with Crippen LogP contribution in [-0.4, -0.2) is 66.5 Å². The van der Waals surface area contributed by atoms with Gasteiger partial charge in [-0.15, -0.1) is 11.8 Å². The van der Waals surface area contributed by atoms with Crippen molar-refractivity contribution in [3.8, 4) is 0 Å². The number of thioether (sulfide) groups is 1. The van der Waals surface area contributed by atoms with Crippen LogP contribution in [0, 0.1) is 0 Å². The van der Waals surface area contributed by atoms with Crippen molar-refractivity contribution in [2.75, 3.05) is 38.8 Å². The summed E-state index contributed by atoms with van der Waals surface area (Å²) in [6.07, 6.45) is 0. The van der Waals surface area contributed by atoms with E-state index in [1.807, 2.05) is 19.0 Å². The van der Waals surface area contributed by atoms with Crippen LogP contribution in [-0.2, 0) is 4.79 Å². The summed E-state index contributed by atoms with van der Waals surface area (Å²) in [6.45, 7) is 1.35. The molecule has 0 saturated carbocycles. The minimum absolute atomic E-state index is 0.0887. The third kappa shape index (κ3) is 4.38. The number of nitrogens with one attached hydrogen (secondary N) is 1. The highest BCUT2D eigenvalue weighted by molar-refractivity contribution is 7.99. The molecule has 22 heavy (non-hydrogen) atoms. The van der Waals surface area contributed by atoms with Gasteiger partial charge >= 0.3 is 0 Å². The van der Waals surface area contributed by atoms with E-state index in [1.165, 1.54) is 0 Å². The third-order valence-corrected chi connectivity index (χ3v) is 4.66. The van der Waals surface area contributed by atoms with Crippen LogP contribution in [0.2, 0.25) is 5.02 Å². The Labute approximate surface area is 140 Å². The summed E-state index contributed by atoms with van der Waals surface area (Å²) in [6, 6.07) is 6.34.